The van der Waals surface area contributed by atoms with E-state index >= 15 is 0 Å². The van der Waals surface area contributed by atoms with Crippen molar-refractivity contribution in [2.75, 3.05) is 11.9 Å². The SMILES string of the molecule is c1ccc(-n2ccnc2)c(NCC2CCCC2)c1. The number of aromatic nitrogens is 2. The average Bonchev–Trinajstić information content (AvgIpc) is 3.10. The zero-order valence-electron chi connectivity index (χ0n) is 10.5. The topological polar surface area (TPSA) is 29.9 Å². The molecule has 2 aromatic rings. The molecule has 1 aromatic carbocycles. The molecule has 1 N–H and O–H groups in total. The second kappa shape index (κ2) is 5.25. The van der Waals surface area contributed by atoms with Gasteiger partial charge in [0.15, 0.2) is 0 Å². The molecule has 1 saturated carbocycles. The van der Waals surface area contributed by atoms with E-state index in [1.165, 1.54) is 37.1 Å². The Morgan fingerprint density at radius 2 is 2.06 bits per heavy atom. The first kappa shape index (κ1) is 11.3. The molecule has 0 bridgehead atoms. The predicted octanol–water partition coefficient (Wildman–Crippen LogP) is 3.47. The summed E-state index contributed by atoms with van der Waals surface area (Å²) in [6.07, 6.45) is 11.2. The maximum Gasteiger partial charge on any atom is 0.0992 e. The first-order valence-electron chi connectivity index (χ1n) is 6.75. The molecule has 0 unspecified atom stereocenters. The maximum absolute atomic E-state index is 4.11. The van der Waals surface area contributed by atoms with Crippen molar-refractivity contribution in [3.05, 3.63) is 43.0 Å². The Bertz CT molecular complexity index is 484. The smallest absolute Gasteiger partial charge is 0.0992 e. The van der Waals surface area contributed by atoms with Gasteiger partial charge in [-0.2, -0.15) is 0 Å². The van der Waals surface area contributed by atoms with Gasteiger partial charge in [0.1, 0.15) is 0 Å². The molecule has 3 rings (SSSR count). The van der Waals surface area contributed by atoms with Crippen LogP contribution in [0.4, 0.5) is 5.69 Å². The Labute approximate surface area is 108 Å². The van der Waals surface area contributed by atoms with Gasteiger partial charge in [0.2, 0.25) is 0 Å². The Kier molecular flexibility index (Phi) is 3.31. The van der Waals surface area contributed by atoms with Gasteiger partial charge < -0.3 is 9.88 Å². The van der Waals surface area contributed by atoms with Crippen LogP contribution in [0.15, 0.2) is 43.0 Å². The molecule has 1 fully saturated rings. The second-order valence-corrected chi connectivity index (χ2v) is 5.02. The van der Waals surface area contributed by atoms with Gasteiger partial charge in [-0.1, -0.05) is 25.0 Å². The second-order valence-electron chi connectivity index (χ2n) is 5.02. The summed E-state index contributed by atoms with van der Waals surface area (Å²) in [6, 6.07) is 8.41. The molecule has 1 aliphatic carbocycles. The largest absolute Gasteiger partial charge is 0.383 e. The summed E-state index contributed by atoms with van der Waals surface area (Å²) in [5.74, 6) is 0.848. The highest BCUT2D eigenvalue weighted by atomic mass is 15.1. The van der Waals surface area contributed by atoms with Crippen molar-refractivity contribution in [2.45, 2.75) is 25.7 Å². The fourth-order valence-corrected chi connectivity index (χ4v) is 2.72. The third kappa shape index (κ3) is 2.40. The van der Waals surface area contributed by atoms with E-state index in [-0.39, 0.29) is 0 Å². The average molecular weight is 241 g/mol. The quantitative estimate of drug-likeness (QED) is 0.888. The number of nitrogens with zero attached hydrogens (tertiary/aromatic N) is 2. The molecular weight excluding hydrogens is 222 g/mol. The molecule has 1 heterocycles. The zero-order chi connectivity index (χ0) is 12.2. The van der Waals surface area contributed by atoms with Crippen molar-refractivity contribution in [1.82, 2.24) is 9.55 Å². The Morgan fingerprint density at radius 3 is 2.83 bits per heavy atom. The van der Waals surface area contributed by atoms with Gasteiger partial charge in [0.05, 0.1) is 17.7 Å². The van der Waals surface area contributed by atoms with Crippen LogP contribution < -0.4 is 5.32 Å². The summed E-state index contributed by atoms with van der Waals surface area (Å²) in [6.45, 7) is 1.09. The van der Waals surface area contributed by atoms with Gasteiger partial charge in [0, 0.05) is 18.9 Å². The molecule has 1 aromatic heterocycles. The lowest BCUT2D eigenvalue weighted by atomic mass is 10.1. The minimum absolute atomic E-state index is 0.848. The van der Waals surface area contributed by atoms with Crippen LogP contribution in [0.25, 0.3) is 5.69 Å². The summed E-state index contributed by atoms with van der Waals surface area (Å²) >= 11 is 0. The molecule has 0 radical (unpaired) electrons. The van der Waals surface area contributed by atoms with Crippen LogP contribution >= 0.6 is 0 Å². The van der Waals surface area contributed by atoms with Crippen LogP contribution in [0.3, 0.4) is 0 Å². The zero-order valence-corrected chi connectivity index (χ0v) is 10.5. The van der Waals surface area contributed by atoms with Crippen molar-refractivity contribution < 1.29 is 0 Å². The number of rotatable bonds is 4. The molecular formula is C15H19N3. The summed E-state index contributed by atoms with van der Waals surface area (Å²) in [7, 11) is 0. The van der Waals surface area contributed by atoms with Gasteiger partial charge in [-0.15, -0.1) is 0 Å². The summed E-state index contributed by atoms with van der Waals surface area (Å²) in [5, 5.41) is 3.59. The number of para-hydroxylation sites is 2. The number of imidazole rings is 1. The van der Waals surface area contributed by atoms with E-state index in [9.17, 15) is 0 Å². The van der Waals surface area contributed by atoms with Crippen molar-refractivity contribution in [1.29, 1.82) is 0 Å². The van der Waals surface area contributed by atoms with Gasteiger partial charge in [-0.05, 0) is 30.9 Å². The van der Waals surface area contributed by atoms with E-state index in [0.29, 0.717) is 0 Å². The fourth-order valence-electron chi connectivity index (χ4n) is 2.72. The minimum Gasteiger partial charge on any atom is -0.383 e. The Morgan fingerprint density at radius 1 is 1.22 bits per heavy atom. The highest BCUT2D eigenvalue weighted by molar-refractivity contribution is 5.60. The van der Waals surface area contributed by atoms with E-state index in [0.717, 1.165) is 12.5 Å². The molecule has 0 spiro atoms. The van der Waals surface area contributed by atoms with Crippen molar-refractivity contribution in [2.24, 2.45) is 5.92 Å². The molecule has 18 heavy (non-hydrogen) atoms. The van der Waals surface area contributed by atoms with Gasteiger partial charge in [-0.3, -0.25) is 0 Å². The molecule has 3 heteroatoms. The predicted molar refractivity (Wildman–Crippen MR) is 74.0 cm³/mol. The molecule has 3 nitrogen and oxygen atoms in total. The third-order valence-electron chi connectivity index (χ3n) is 3.74. The summed E-state index contributed by atoms with van der Waals surface area (Å²) < 4.78 is 2.05. The Hall–Kier alpha value is -1.77. The first-order valence-corrected chi connectivity index (χ1v) is 6.75. The van der Waals surface area contributed by atoms with Gasteiger partial charge in [0.25, 0.3) is 0 Å². The maximum atomic E-state index is 4.11. The van der Waals surface area contributed by atoms with E-state index in [2.05, 4.69) is 39.1 Å². The fraction of sp³-hybridized carbons (Fsp3) is 0.400. The van der Waals surface area contributed by atoms with Crippen LogP contribution in [0.2, 0.25) is 0 Å². The van der Waals surface area contributed by atoms with E-state index in [1.807, 2.05) is 18.7 Å². The Balaban J connectivity index is 1.75. The molecule has 0 aliphatic heterocycles. The van der Waals surface area contributed by atoms with E-state index in [4.69, 9.17) is 0 Å². The lowest BCUT2D eigenvalue weighted by Crippen LogP contribution is -2.12. The van der Waals surface area contributed by atoms with Gasteiger partial charge >= 0.3 is 0 Å². The summed E-state index contributed by atoms with van der Waals surface area (Å²) in [5.41, 5.74) is 2.37. The number of anilines is 1. The molecule has 1 aliphatic rings. The molecule has 0 atom stereocenters. The van der Waals surface area contributed by atoms with Crippen LogP contribution in [0.1, 0.15) is 25.7 Å². The number of hydrogen-bond acceptors (Lipinski definition) is 2. The van der Waals surface area contributed by atoms with E-state index < -0.39 is 0 Å². The number of benzene rings is 1. The van der Waals surface area contributed by atoms with Gasteiger partial charge in [-0.25, -0.2) is 4.98 Å². The van der Waals surface area contributed by atoms with Crippen molar-refractivity contribution in [3.63, 3.8) is 0 Å². The highest BCUT2D eigenvalue weighted by Crippen LogP contribution is 2.26. The monoisotopic (exact) mass is 241 g/mol. The number of nitrogens with one attached hydrogen (secondary N) is 1. The molecule has 94 valence electrons. The first-order chi connectivity index (χ1) is 8.93. The van der Waals surface area contributed by atoms with Crippen LogP contribution in [-0.4, -0.2) is 16.1 Å². The van der Waals surface area contributed by atoms with Crippen LogP contribution in [-0.2, 0) is 0 Å². The van der Waals surface area contributed by atoms with Crippen molar-refractivity contribution in [3.8, 4) is 5.69 Å². The van der Waals surface area contributed by atoms with Crippen molar-refractivity contribution >= 4 is 5.69 Å². The highest BCUT2D eigenvalue weighted by Gasteiger charge is 2.15. The molecule has 0 amide bonds. The molecule has 0 saturated heterocycles. The minimum atomic E-state index is 0.848. The third-order valence-corrected chi connectivity index (χ3v) is 3.74. The number of hydrogen-bond donors (Lipinski definition) is 1. The van der Waals surface area contributed by atoms with Crippen LogP contribution in [0.5, 0.6) is 0 Å². The summed E-state index contributed by atoms with van der Waals surface area (Å²) in [4.78, 5) is 4.11. The van der Waals surface area contributed by atoms with E-state index in [1.54, 1.807) is 0 Å². The normalized spacial score (nSPS) is 16.0. The standard InChI is InChI=1S/C15H19N3/c1-2-6-13(5-1)11-17-14-7-3-4-8-15(14)18-10-9-16-12-18/h3-4,7-10,12-13,17H,1-2,5-6,11H2. The lowest BCUT2D eigenvalue weighted by Gasteiger charge is -2.15. The van der Waals surface area contributed by atoms with Crippen LogP contribution in [0, 0.1) is 5.92 Å². The lowest BCUT2D eigenvalue weighted by molar-refractivity contribution is 0.580.